The zero-order valence-electron chi connectivity index (χ0n) is 21.1. The third-order valence-corrected chi connectivity index (χ3v) is 6.23. The predicted molar refractivity (Wildman–Crippen MR) is 143 cm³/mol. The summed E-state index contributed by atoms with van der Waals surface area (Å²) in [4.78, 5) is 33.2. The van der Waals surface area contributed by atoms with Gasteiger partial charge in [-0.2, -0.15) is 13.2 Å². The van der Waals surface area contributed by atoms with Gasteiger partial charge in [-0.05, 0) is 48.5 Å². The van der Waals surface area contributed by atoms with Gasteiger partial charge in [-0.3, -0.25) is 4.79 Å². The molecule has 202 valence electrons. The first-order chi connectivity index (χ1) is 19.1. The molecule has 9 nitrogen and oxygen atoms in total. The SMILES string of the molecule is Cn1c(-c2nc(N)ncc2C#Cc2cccc(NC(=O)Nc3ccc(C(F)(F)F)cc3)c2)cc2c1CCNC2=O. The Hall–Kier alpha value is -5.31. The molecule has 1 aliphatic rings. The maximum Gasteiger partial charge on any atom is 0.416 e. The van der Waals surface area contributed by atoms with Gasteiger partial charge in [-0.15, -0.1) is 0 Å². The molecule has 3 heterocycles. The number of nitrogens with two attached hydrogens (primary N) is 1. The van der Waals surface area contributed by atoms with E-state index in [1.54, 1.807) is 30.3 Å². The Morgan fingerprint density at radius 1 is 1.07 bits per heavy atom. The first-order valence-corrected chi connectivity index (χ1v) is 12.1. The van der Waals surface area contributed by atoms with Crippen LogP contribution >= 0.6 is 0 Å². The number of amides is 3. The lowest BCUT2D eigenvalue weighted by atomic mass is 10.1. The molecule has 1 aliphatic heterocycles. The minimum atomic E-state index is -4.46. The Morgan fingerprint density at radius 2 is 1.82 bits per heavy atom. The molecule has 0 atom stereocenters. The number of aromatic nitrogens is 3. The van der Waals surface area contributed by atoms with Crippen molar-refractivity contribution < 1.29 is 22.8 Å². The van der Waals surface area contributed by atoms with E-state index in [9.17, 15) is 22.8 Å². The van der Waals surface area contributed by atoms with Crippen molar-refractivity contribution in [3.8, 4) is 23.2 Å². The largest absolute Gasteiger partial charge is 0.416 e. The molecule has 0 aliphatic carbocycles. The van der Waals surface area contributed by atoms with Gasteiger partial charge in [0.2, 0.25) is 5.95 Å². The zero-order chi connectivity index (χ0) is 28.4. The number of urea groups is 1. The zero-order valence-corrected chi connectivity index (χ0v) is 21.1. The molecular formula is C28H22F3N7O2. The van der Waals surface area contributed by atoms with E-state index in [-0.39, 0.29) is 17.5 Å². The van der Waals surface area contributed by atoms with Gasteiger partial charge in [0.25, 0.3) is 5.91 Å². The molecule has 12 heteroatoms. The molecule has 4 aromatic rings. The van der Waals surface area contributed by atoms with E-state index in [2.05, 4.69) is 37.8 Å². The van der Waals surface area contributed by atoms with E-state index in [4.69, 9.17) is 5.73 Å². The number of alkyl halides is 3. The Balaban J connectivity index is 1.35. The lowest BCUT2D eigenvalue weighted by Gasteiger charge is -2.14. The van der Waals surface area contributed by atoms with E-state index in [0.29, 0.717) is 46.7 Å². The van der Waals surface area contributed by atoms with Crippen LogP contribution in [-0.2, 0) is 19.6 Å². The van der Waals surface area contributed by atoms with Crippen LogP contribution in [0.1, 0.15) is 32.7 Å². The normalized spacial score (nSPS) is 12.6. The fourth-order valence-corrected chi connectivity index (χ4v) is 4.29. The molecule has 0 unspecified atom stereocenters. The molecule has 0 saturated heterocycles. The number of fused-ring (bicyclic) bond motifs is 1. The maximum absolute atomic E-state index is 12.7. The lowest BCUT2D eigenvalue weighted by Crippen LogP contribution is -2.31. The summed E-state index contributed by atoms with van der Waals surface area (Å²) in [6.07, 6.45) is -2.26. The predicted octanol–water partition coefficient (Wildman–Crippen LogP) is 4.41. The first kappa shape index (κ1) is 26.3. The molecule has 0 radical (unpaired) electrons. The van der Waals surface area contributed by atoms with Crippen molar-refractivity contribution in [1.29, 1.82) is 0 Å². The highest BCUT2D eigenvalue weighted by molar-refractivity contribution is 6.00. The third kappa shape index (κ3) is 5.58. The van der Waals surface area contributed by atoms with Gasteiger partial charge in [0.15, 0.2) is 0 Å². The summed E-state index contributed by atoms with van der Waals surface area (Å²) in [5.74, 6) is 5.99. The Bertz CT molecular complexity index is 1680. The molecule has 40 heavy (non-hydrogen) atoms. The van der Waals surface area contributed by atoms with Gasteiger partial charge in [0.05, 0.1) is 22.4 Å². The number of hydrogen-bond donors (Lipinski definition) is 4. The van der Waals surface area contributed by atoms with E-state index < -0.39 is 17.8 Å². The van der Waals surface area contributed by atoms with Crippen LogP contribution in [0, 0.1) is 11.8 Å². The summed E-state index contributed by atoms with van der Waals surface area (Å²) < 4.78 is 40.1. The maximum atomic E-state index is 12.7. The lowest BCUT2D eigenvalue weighted by molar-refractivity contribution is -0.137. The highest BCUT2D eigenvalue weighted by Crippen LogP contribution is 2.30. The van der Waals surface area contributed by atoms with Gasteiger partial charge in [-0.25, -0.2) is 14.8 Å². The highest BCUT2D eigenvalue weighted by atomic mass is 19.4. The minimum Gasteiger partial charge on any atom is -0.368 e. The number of carbonyl (C=O) groups is 2. The average Bonchev–Trinajstić information content (AvgIpc) is 3.25. The van der Waals surface area contributed by atoms with Gasteiger partial charge >= 0.3 is 12.2 Å². The van der Waals surface area contributed by atoms with Crippen LogP contribution in [0.25, 0.3) is 11.4 Å². The van der Waals surface area contributed by atoms with E-state index >= 15 is 0 Å². The number of nitrogen functional groups attached to an aromatic ring is 1. The smallest absolute Gasteiger partial charge is 0.368 e. The Morgan fingerprint density at radius 3 is 2.55 bits per heavy atom. The van der Waals surface area contributed by atoms with Crippen LogP contribution in [0.5, 0.6) is 0 Å². The van der Waals surface area contributed by atoms with E-state index in [1.165, 1.54) is 18.3 Å². The van der Waals surface area contributed by atoms with Crippen molar-refractivity contribution in [2.75, 3.05) is 22.9 Å². The molecule has 5 N–H and O–H groups in total. The van der Waals surface area contributed by atoms with Crippen LogP contribution < -0.4 is 21.7 Å². The van der Waals surface area contributed by atoms with Crippen molar-refractivity contribution in [2.45, 2.75) is 12.6 Å². The summed E-state index contributed by atoms with van der Waals surface area (Å²) in [7, 11) is 1.85. The van der Waals surface area contributed by atoms with Crippen molar-refractivity contribution >= 4 is 29.3 Å². The highest BCUT2D eigenvalue weighted by Gasteiger charge is 2.30. The van der Waals surface area contributed by atoms with E-state index in [0.717, 1.165) is 17.8 Å². The quantitative estimate of drug-likeness (QED) is 0.284. The van der Waals surface area contributed by atoms with Gasteiger partial charge in [0, 0.05) is 48.8 Å². The van der Waals surface area contributed by atoms with Crippen LogP contribution in [0.4, 0.5) is 35.3 Å². The number of nitrogens with zero attached hydrogens (tertiary/aromatic N) is 3. The molecule has 2 aromatic carbocycles. The second kappa shape index (κ2) is 10.5. The van der Waals surface area contributed by atoms with Crippen molar-refractivity contribution in [2.24, 2.45) is 7.05 Å². The molecule has 0 saturated carbocycles. The monoisotopic (exact) mass is 545 g/mol. The molecule has 3 amide bonds. The first-order valence-electron chi connectivity index (χ1n) is 12.1. The third-order valence-electron chi connectivity index (χ3n) is 6.23. The summed E-state index contributed by atoms with van der Waals surface area (Å²) in [5.41, 5.74) is 9.37. The number of benzene rings is 2. The molecule has 0 bridgehead atoms. The summed E-state index contributed by atoms with van der Waals surface area (Å²) in [5, 5.41) is 7.96. The van der Waals surface area contributed by atoms with Gasteiger partial charge in [0.1, 0.15) is 5.69 Å². The minimum absolute atomic E-state index is 0.0643. The van der Waals surface area contributed by atoms with E-state index in [1.807, 2.05) is 11.6 Å². The van der Waals surface area contributed by atoms with Crippen molar-refractivity contribution in [1.82, 2.24) is 19.9 Å². The molecule has 2 aromatic heterocycles. The standard InChI is InChI=1S/C28H22F3N7O2/c1-38-22-11-12-33-25(39)21(22)14-23(38)24-17(15-34-26(32)37-24)6-5-16-3-2-4-20(13-16)36-27(40)35-19-9-7-18(8-10-19)28(29,30)31/h2-4,7-10,13-15H,11-12H2,1H3,(H,33,39)(H2,32,34,37)(H2,35,36,40). The second-order valence-electron chi connectivity index (χ2n) is 8.93. The number of anilines is 3. The fraction of sp³-hybridized carbons (Fsp3) is 0.143. The summed E-state index contributed by atoms with van der Waals surface area (Å²) in [6, 6.07) is 12.0. The number of halogens is 3. The average molecular weight is 546 g/mol. The number of hydrogen-bond acceptors (Lipinski definition) is 5. The topological polar surface area (TPSA) is 127 Å². The molecular weight excluding hydrogens is 523 g/mol. The molecule has 5 rings (SSSR count). The van der Waals surface area contributed by atoms with Crippen LogP contribution in [-0.4, -0.2) is 33.0 Å². The number of carbonyl (C=O) groups excluding carboxylic acids is 2. The van der Waals surface area contributed by atoms with Crippen LogP contribution in [0.2, 0.25) is 0 Å². The van der Waals surface area contributed by atoms with Gasteiger partial charge < -0.3 is 26.3 Å². The Labute approximate surface area is 226 Å². The van der Waals surface area contributed by atoms with Crippen molar-refractivity contribution in [3.05, 3.63) is 88.7 Å². The Kier molecular flexibility index (Phi) is 6.87. The molecule has 0 spiro atoms. The number of rotatable bonds is 3. The second-order valence-corrected chi connectivity index (χ2v) is 8.93. The van der Waals surface area contributed by atoms with Crippen LogP contribution in [0.15, 0.2) is 60.8 Å². The van der Waals surface area contributed by atoms with Crippen LogP contribution in [0.3, 0.4) is 0 Å². The van der Waals surface area contributed by atoms with Crippen molar-refractivity contribution in [3.63, 3.8) is 0 Å². The fourth-order valence-electron chi connectivity index (χ4n) is 4.29. The van der Waals surface area contributed by atoms with Gasteiger partial charge in [-0.1, -0.05) is 17.9 Å². The number of nitrogens with one attached hydrogen (secondary N) is 3. The molecule has 0 fully saturated rings. The summed E-state index contributed by atoms with van der Waals surface area (Å²) >= 11 is 0. The summed E-state index contributed by atoms with van der Waals surface area (Å²) in [6.45, 7) is 0.550.